The van der Waals surface area contributed by atoms with Crippen molar-refractivity contribution in [2.24, 2.45) is 0 Å². The van der Waals surface area contributed by atoms with E-state index in [9.17, 15) is 0 Å². The van der Waals surface area contributed by atoms with Crippen LogP contribution in [0.25, 0.3) is 5.57 Å². The molecule has 2 aliphatic heterocycles. The molecule has 4 heteroatoms. The quantitative estimate of drug-likeness (QED) is 0.329. The smallest absolute Gasteiger partial charge is 0.119 e. The predicted octanol–water partition coefficient (Wildman–Crippen LogP) is 7.35. The lowest BCUT2D eigenvalue weighted by Gasteiger charge is -2.25. The maximum Gasteiger partial charge on any atom is 0.119 e. The Kier molecular flexibility index (Phi) is 10.2. The van der Waals surface area contributed by atoms with Crippen molar-refractivity contribution in [2.45, 2.75) is 77.6 Å². The highest BCUT2D eigenvalue weighted by atomic mass is 16.5. The summed E-state index contributed by atoms with van der Waals surface area (Å²) in [6, 6.07) is 15.6. The van der Waals surface area contributed by atoms with Crippen LogP contribution in [0.1, 0.15) is 87.8 Å². The van der Waals surface area contributed by atoms with Crippen molar-refractivity contribution >= 4 is 5.57 Å². The Balaban J connectivity index is 1.20. The first-order valence-corrected chi connectivity index (χ1v) is 15.5. The molecule has 0 N–H and O–H groups in total. The van der Waals surface area contributed by atoms with Gasteiger partial charge in [0.05, 0.1) is 0 Å². The second kappa shape index (κ2) is 14.2. The molecule has 4 nitrogen and oxygen atoms in total. The van der Waals surface area contributed by atoms with Crippen LogP contribution < -0.4 is 9.47 Å². The number of likely N-dealkylation sites (tertiary alicyclic amines) is 2. The summed E-state index contributed by atoms with van der Waals surface area (Å²) in [6.45, 7) is 10.8. The zero-order chi connectivity index (χ0) is 26.0. The van der Waals surface area contributed by atoms with Gasteiger partial charge in [0.25, 0.3) is 0 Å². The lowest BCUT2D eigenvalue weighted by molar-refractivity contribution is 0.214. The summed E-state index contributed by atoms with van der Waals surface area (Å²) in [6.07, 6.45) is 14.2. The minimum atomic E-state index is 0.769. The summed E-state index contributed by atoms with van der Waals surface area (Å²) in [7, 11) is 0. The summed E-state index contributed by atoms with van der Waals surface area (Å²) in [5.41, 5.74) is 7.07. The molecule has 2 aromatic rings. The van der Waals surface area contributed by atoms with E-state index >= 15 is 0 Å². The number of aryl methyl sites for hydroxylation is 1. The average molecular weight is 517 g/mol. The lowest BCUT2D eigenvalue weighted by atomic mass is 9.81. The molecular weight excluding hydrogens is 468 g/mol. The summed E-state index contributed by atoms with van der Waals surface area (Å²) in [5.74, 6) is 2.00. The first-order chi connectivity index (χ1) is 18.8. The van der Waals surface area contributed by atoms with Gasteiger partial charge in [-0.25, -0.2) is 0 Å². The van der Waals surface area contributed by atoms with Crippen LogP contribution in [0.2, 0.25) is 0 Å². The first kappa shape index (κ1) is 27.3. The van der Waals surface area contributed by atoms with Crippen LogP contribution in [0, 0.1) is 0 Å². The fourth-order valence-corrected chi connectivity index (χ4v) is 6.45. The number of ether oxygens (including phenoxy) is 2. The molecule has 38 heavy (non-hydrogen) atoms. The van der Waals surface area contributed by atoms with Gasteiger partial charge in [-0.2, -0.15) is 0 Å². The highest BCUT2D eigenvalue weighted by molar-refractivity contribution is 5.85. The normalized spacial score (nSPS) is 19.5. The zero-order valence-electron chi connectivity index (χ0n) is 23.7. The Morgan fingerprint density at radius 2 is 1.18 bits per heavy atom. The van der Waals surface area contributed by atoms with Crippen molar-refractivity contribution in [3.05, 3.63) is 64.7 Å². The van der Waals surface area contributed by atoms with Gasteiger partial charge < -0.3 is 9.47 Å². The fraction of sp³-hybridized carbons (Fsp3) is 0.588. The van der Waals surface area contributed by atoms with E-state index < -0.39 is 0 Å². The van der Waals surface area contributed by atoms with Crippen LogP contribution in [0.15, 0.2) is 48.0 Å². The zero-order valence-corrected chi connectivity index (χ0v) is 23.7. The third-order valence-electron chi connectivity index (χ3n) is 8.72. The molecule has 0 amide bonds. The Morgan fingerprint density at radius 3 is 1.76 bits per heavy atom. The maximum absolute atomic E-state index is 6.24. The average Bonchev–Trinajstić information content (AvgIpc) is 3.38. The Labute approximate surface area is 231 Å². The van der Waals surface area contributed by atoms with E-state index in [1.54, 1.807) is 5.57 Å². The van der Waals surface area contributed by atoms with Crippen LogP contribution in [-0.2, 0) is 6.42 Å². The lowest BCUT2D eigenvalue weighted by Crippen LogP contribution is -2.29. The molecule has 2 heterocycles. The molecule has 2 saturated heterocycles. The molecule has 3 aliphatic rings. The van der Waals surface area contributed by atoms with E-state index in [1.807, 2.05) is 0 Å². The highest BCUT2D eigenvalue weighted by Crippen LogP contribution is 2.39. The van der Waals surface area contributed by atoms with Crippen LogP contribution in [0.5, 0.6) is 11.5 Å². The number of rotatable bonds is 10. The molecule has 0 radical (unpaired) electrons. The molecule has 0 atom stereocenters. The highest BCUT2D eigenvalue weighted by Gasteiger charge is 2.20. The second-order valence-electron chi connectivity index (χ2n) is 11.4. The molecule has 0 aromatic heterocycles. The van der Waals surface area contributed by atoms with E-state index in [0.29, 0.717) is 0 Å². The minimum absolute atomic E-state index is 0.769. The fourth-order valence-electron chi connectivity index (χ4n) is 6.45. The molecule has 5 rings (SSSR count). The number of hydrogen-bond donors (Lipinski definition) is 0. The minimum Gasteiger partial charge on any atom is -0.492 e. The predicted molar refractivity (Wildman–Crippen MR) is 158 cm³/mol. The van der Waals surface area contributed by atoms with Gasteiger partial charge in [0, 0.05) is 13.1 Å². The molecule has 2 fully saturated rings. The van der Waals surface area contributed by atoms with Crippen molar-refractivity contribution in [3.8, 4) is 11.5 Å². The largest absolute Gasteiger partial charge is 0.492 e. The molecule has 0 spiro atoms. The van der Waals surface area contributed by atoms with Crippen molar-refractivity contribution in [1.82, 2.24) is 9.80 Å². The van der Waals surface area contributed by atoms with Crippen LogP contribution >= 0.6 is 0 Å². The van der Waals surface area contributed by atoms with Gasteiger partial charge in [-0.05, 0) is 118 Å². The molecular formula is C34H48N2O2. The summed E-state index contributed by atoms with van der Waals surface area (Å²) < 4.78 is 12.4. The maximum atomic E-state index is 6.24. The molecule has 0 saturated carbocycles. The van der Waals surface area contributed by atoms with Gasteiger partial charge in [0.15, 0.2) is 0 Å². The Morgan fingerprint density at radius 1 is 0.632 bits per heavy atom. The molecule has 2 aromatic carbocycles. The van der Waals surface area contributed by atoms with E-state index in [-0.39, 0.29) is 0 Å². The summed E-state index contributed by atoms with van der Waals surface area (Å²) in [5, 5.41) is 0. The SMILES string of the molecule is CCC1=C(c2ccc(OCCN3CCCCCC3)cc2)c2ccc(OCCN3CCCCCC3)cc2CC1. The van der Waals surface area contributed by atoms with E-state index in [2.05, 4.69) is 59.2 Å². The van der Waals surface area contributed by atoms with Crippen LogP contribution in [-0.4, -0.2) is 62.3 Å². The Hall–Kier alpha value is -2.30. The van der Waals surface area contributed by atoms with Gasteiger partial charge in [0.1, 0.15) is 24.7 Å². The number of fused-ring (bicyclic) bond motifs is 1. The van der Waals surface area contributed by atoms with Crippen molar-refractivity contribution in [3.63, 3.8) is 0 Å². The van der Waals surface area contributed by atoms with Gasteiger partial charge in [-0.15, -0.1) is 0 Å². The third-order valence-corrected chi connectivity index (χ3v) is 8.72. The number of nitrogens with zero attached hydrogens (tertiary/aromatic N) is 2. The van der Waals surface area contributed by atoms with E-state index in [0.717, 1.165) is 57.1 Å². The van der Waals surface area contributed by atoms with Gasteiger partial charge in [-0.1, -0.05) is 56.4 Å². The molecule has 0 unspecified atom stereocenters. The van der Waals surface area contributed by atoms with E-state index in [1.165, 1.54) is 99.8 Å². The number of benzene rings is 2. The van der Waals surface area contributed by atoms with Crippen LogP contribution in [0.4, 0.5) is 0 Å². The molecule has 206 valence electrons. The summed E-state index contributed by atoms with van der Waals surface area (Å²) in [4.78, 5) is 5.13. The number of allylic oxidation sites excluding steroid dienone is 1. The van der Waals surface area contributed by atoms with Crippen molar-refractivity contribution in [1.29, 1.82) is 0 Å². The third kappa shape index (κ3) is 7.42. The standard InChI is InChI=1S/C34H48N2O2/c1-2-28-11-12-30-27-32(38-26-24-36-21-9-5-6-10-22-36)17-18-33(30)34(28)29-13-15-31(16-14-29)37-25-23-35-19-7-3-4-8-20-35/h13-18,27H,2-12,19-26H2,1H3. The van der Waals surface area contributed by atoms with Gasteiger partial charge >= 0.3 is 0 Å². The van der Waals surface area contributed by atoms with Crippen LogP contribution in [0.3, 0.4) is 0 Å². The second-order valence-corrected chi connectivity index (χ2v) is 11.4. The molecule has 1 aliphatic carbocycles. The number of hydrogen-bond acceptors (Lipinski definition) is 4. The van der Waals surface area contributed by atoms with Crippen molar-refractivity contribution in [2.75, 3.05) is 52.5 Å². The topological polar surface area (TPSA) is 24.9 Å². The van der Waals surface area contributed by atoms with Crippen molar-refractivity contribution < 1.29 is 9.47 Å². The van der Waals surface area contributed by atoms with Gasteiger partial charge in [-0.3, -0.25) is 9.80 Å². The monoisotopic (exact) mass is 516 g/mol. The van der Waals surface area contributed by atoms with Gasteiger partial charge in [0.2, 0.25) is 0 Å². The first-order valence-electron chi connectivity index (χ1n) is 15.5. The van der Waals surface area contributed by atoms with E-state index in [4.69, 9.17) is 9.47 Å². The summed E-state index contributed by atoms with van der Waals surface area (Å²) >= 11 is 0. The Bertz CT molecular complexity index is 1030. The molecule has 0 bridgehead atoms.